The van der Waals surface area contributed by atoms with Crippen LogP contribution in [0.2, 0.25) is 0 Å². The first-order valence-corrected chi connectivity index (χ1v) is 27.3. The summed E-state index contributed by atoms with van der Waals surface area (Å²) in [4.78, 5) is 10.1. The molecule has 2 aromatic heterocycles. The third kappa shape index (κ3) is 9.74. The van der Waals surface area contributed by atoms with Gasteiger partial charge in [0.1, 0.15) is 17.3 Å². The van der Waals surface area contributed by atoms with E-state index >= 15 is 0 Å². The molecule has 0 aliphatic carbocycles. The van der Waals surface area contributed by atoms with Crippen molar-refractivity contribution in [1.82, 2.24) is 9.55 Å². The SMILES string of the molecule is CC(C)(C)C1=CN(c2cc(C(C)(C)c3ccccc3)cc(C(C)(C)c3ccccc3)c2)CN1c1cc(Oc2cc(C(C)(C)c3ccccc3)c3c4ccccc4n(-c4cc(C(C)(C)C)ccn4)c3c2)cc(C(C)(C)C)c1. The topological polar surface area (TPSA) is 33.5 Å². The summed E-state index contributed by atoms with van der Waals surface area (Å²) in [5, 5.41) is 2.39. The minimum atomic E-state index is -0.387. The van der Waals surface area contributed by atoms with Crippen molar-refractivity contribution in [2.75, 3.05) is 16.5 Å². The summed E-state index contributed by atoms with van der Waals surface area (Å²) < 4.78 is 9.73. The molecule has 0 atom stereocenters. The Morgan fingerprint density at radius 2 is 0.921 bits per heavy atom. The van der Waals surface area contributed by atoms with Gasteiger partial charge in [0, 0.05) is 74.0 Å². The lowest BCUT2D eigenvalue weighted by atomic mass is 9.73. The molecule has 1 aliphatic heterocycles. The third-order valence-corrected chi connectivity index (χ3v) is 16.4. The normalized spacial score (nSPS) is 14.0. The number of rotatable bonds is 11. The average molecular weight is 1000 g/mol. The largest absolute Gasteiger partial charge is 0.457 e. The Bertz CT molecular complexity index is 3540. The van der Waals surface area contributed by atoms with E-state index in [1.165, 1.54) is 66.7 Å². The Morgan fingerprint density at radius 3 is 1.47 bits per heavy atom. The average Bonchev–Trinajstić information content (AvgIpc) is 4.14. The number of hydrogen-bond acceptors (Lipinski definition) is 4. The Hall–Kier alpha value is -7.37. The number of pyridine rings is 1. The van der Waals surface area contributed by atoms with E-state index in [0.717, 1.165) is 34.0 Å². The molecule has 3 heterocycles. The second-order valence-corrected chi connectivity index (χ2v) is 26.0. The molecule has 0 radical (unpaired) electrons. The van der Waals surface area contributed by atoms with Gasteiger partial charge in [-0.05, 0) is 104 Å². The fraction of sp³-hybridized carbons (Fsp3) is 0.310. The maximum atomic E-state index is 7.39. The van der Waals surface area contributed by atoms with E-state index in [9.17, 15) is 0 Å². The number of anilines is 2. The lowest BCUT2D eigenvalue weighted by Crippen LogP contribution is -2.31. The summed E-state index contributed by atoms with van der Waals surface area (Å²) in [5.41, 5.74) is 14.4. The maximum Gasteiger partial charge on any atom is 0.137 e. The molecule has 76 heavy (non-hydrogen) atoms. The van der Waals surface area contributed by atoms with Crippen LogP contribution in [0.5, 0.6) is 11.5 Å². The van der Waals surface area contributed by atoms with Gasteiger partial charge in [-0.25, -0.2) is 4.98 Å². The molecule has 5 nitrogen and oxygen atoms in total. The van der Waals surface area contributed by atoms with Crippen LogP contribution in [0.25, 0.3) is 27.6 Å². The Morgan fingerprint density at radius 1 is 0.408 bits per heavy atom. The van der Waals surface area contributed by atoms with Crippen molar-refractivity contribution in [3.8, 4) is 17.3 Å². The van der Waals surface area contributed by atoms with Gasteiger partial charge in [0.15, 0.2) is 0 Å². The van der Waals surface area contributed by atoms with Gasteiger partial charge in [-0.2, -0.15) is 0 Å². The fourth-order valence-corrected chi connectivity index (χ4v) is 11.3. The van der Waals surface area contributed by atoms with Crippen LogP contribution in [-0.4, -0.2) is 16.2 Å². The summed E-state index contributed by atoms with van der Waals surface area (Å²) in [5.74, 6) is 2.47. The summed E-state index contributed by atoms with van der Waals surface area (Å²) in [6, 6.07) is 64.7. The zero-order chi connectivity index (χ0) is 54.2. The third-order valence-electron chi connectivity index (χ3n) is 16.4. The zero-order valence-electron chi connectivity index (χ0n) is 47.8. The first-order valence-electron chi connectivity index (χ1n) is 27.3. The van der Waals surface area contributed by atoms with Crippen LogP contribution in [0.15, 0.2) is 194 Å². The van der Waals surface area contributed by atoms with Crippen LogP contribution in [0.3, 0.4) is 0 Å². The molecule has 10 rings (SSSR count). The van der Waals surface area contributed by atoms with E-state index in [0.29, 0.717) is 6.67 Å². The van der Waals surface area contributed by atoms with Crippen LogP contribution in [0.4, 0.5) is 11.4 Å². The van der Waals surface area contributed by atoms with E-state index < -0.39 is 0 Å². The van der Waals surface area contributed by atoms with Gasteiger partial charge in [0.25, 0.3) is 0 Å². The van der Waals surface area contributed by atoms with Crippen LogP contribution < -0.4 is 14.5 Å². The lowest BCUT2D eigenvalue weighted by molar-refractivity contribution is 0.475. The highest BCUT2D eigenvalue weighted by atomic mass is 16.5. The highest BCUT2D eigenvalue weighted by molar-refractivity contribution is 6.11. The number of para-hydroxylation sites is 1. The smallest absolute Gasteiger partial charge is 0.137 e. The van der Waals surface area contributed by atoms with E-state index in [1.807, 2.05) is 6.20 Å². The Kier molecular flexibility index (Phi) is 13.0. The number of ether oxygens (including phenoxy) is 1. The van der Waals surface area contributed by atoms with Gasteiger partial charge in [0.05, 0.1) is 17.7 Å². The molecule has 0 N–H and O–H groups in total. The van der Waals surface area contributed by atoms with Crippen molar-refractivity contribution in [3.63, 3.8) is 0 Å². The van der Waals surface area contributed by atoms with Crippen LogP contribution in [0, 0.1) is 5.41 Å². The van der Waals surface area contributed by atoms with Crippen molar-refractivity contribution in [2.24, 2.45) is 5.41 Å². The highest BCUT2D eigenvalue weighted by Crippen LogP contribution is 2.48. The minimum absolute atomic E-state index is 0.0546. The molecule has 5 heteroatoms. The number of hydrogen-bond donors (Lipinski definition) is 0. The molecule has 0 unspecified atom stereocenters. The zero-order valence-corrected chi connectivity index (χ0v) is 47.8. The first-order chi connectivity index (χ1) is 35.8. The van der Waals surface area contributed by atoms with Crippen molar-refractivity contribution >= 4 is 33.2 Å². The number of fused-ring (bicyclic) bond motifs is 3. The minimum Gasteiger partial charge on any atom is -0.457 e. The molecular weight excluding hydrogens is 925 g/mol. The second-order valence-electron chi connectivity index (χ2n) is 26.0. The molecule has 388 valence electrons. The van der Waals surface area contributed by atoms with Crippen molar-refractivity contribution in [1.29, 1.82) is 0 Å². The predicted molar refractivity (Wildman–Crippen MR) is 322 cm³/mol. The Labute approximate surface area is 453 Å². The summed E-state index contributed by atoms with van der Waals surface area (Å²) in [6.07, 6.45) is 4.35. The molecule has 0 bridgehead atoms. The van der Waals surface area contributed by atoms with E-state index in [2.05, 4.69) is 300 Å². The molecule has 9 aromatic rings. The van der Waals surface area contributed by atoms with E-state index in [-0.39, 0.29) is 32.5 Å². The highest BCUT2D eigenvalue weighted by Gasteiger charge is 2.36. The maximum absolute atomic E-state index is 7.39. The predicted octanol–water partition coefficient (Wildman–Crippen LogP) is 18.7. The lowest BCUT2D eigenvalue weighted by Gasteiger charge is -2.34. The molecule has 7 aromatic carbocycles. The molecule has 0 amide bonds. The molecule has 1 aliphatic rings. The van der Waals surface area contributed by atoms with Crippen molar-refractivity contribution in [3.05, 3.63) is 239 Å². The van der Waals surface area contributed by atoms with Crippen LogP contribution >= 0.6 is 0 Å². The molecule has 0 saturated carbocycles. The fourth-order valence-electron chi connectivity index (χ4n) is 11.3. The number of benzene rings is 7. The second kappa shape index (κ2) is 19.0. The summed E-state index contributed by atoms with van der Waals surface area (Å²) in [7, 11) is 0. The van der Waals surface area contributed by atoms with Crippen LogP contribution in [-0.2, 0) is 27.1 Å². The standard InChI is InChI=1S/C71H78N4O/c1-66(2,3)51-35-36-72-64(42-51)75-61-34-26-25-33-59(61)65-60(71(14,15)50-31-23-18-24-32-50)44-58(45-62(65)75)76-57-41-52(67(4,5)6)38-56(43-57)74-47-73(46-63(74)68(7,8)9)55-39-53(69(10,11)48-27-19-16-20-28-48)37-54(40-55)70(12,13)49-29-21-17-22-30-49/h16-46H,47H2,1-15H3. The van der Waals surface area contributed by atoms with Gasteiger partial charge in [-0.15, -0.1) is 0 Å². The molecular formula is C71H78N4O. The Balaban J connectivity index is 1.13. The van der Waals surface area contributed by atoms with Gasteiger partial charge >= 0.3 is 0 Å². The van der Waals surface area contributed by atoms with Gasteiger partial charge in [0.2, 0.25) is 0 Å². The van der Waals surface area contributed by atoms with Crippen LogP contribution in [0.1, 0.15) is 148 Å². The van der Waals surface area contributed by atoms with Gasteiger partial charge < -0.3 is 14.5 Å². The molecule has 0 spiro atoms. The monoisotopic (exact) mass is 1000 g/mol. The molecule has 0 fully saturated rings. The quantitative estimate of drug-likeness (QED) is 0.129. The number of allylic oxidation sites excluding steroid dienone is 1. The van der Waals surface area contributed by atoms with E-state index in [1.54, 1.807) is 0 Å². The van der Waals surface area contributed by atoms with Gasteiger partial charge in [-0.3, -0.25) is 4.57 Å². The van der Waals surface area contributed by atoms with Crippen molar-refractivity contribution < 1.29 is 4.74 Å². The number of nitrogens with zero attached hydrogens (tertiary/aromatic N) is 4. The summed E-state index contributed by atoms with van der Waals surface area (Å²) in [6.45, 7) is 35.4. The van der Waals surface area contributed by atoms with Gasteiger partial charge in [-0.1, -0.05) is 219 Å². The van der Waals surface area contributed by atoms with E-state index in [4.69, 9.17) is 9.72 Å². The number of aromatic nitrogens is 2. The molecule has 0 saturated heterocycles. The summed E-state index contributed by atoms with van der Waals surface area (Å²) >= 11 is 0. The first kappa shape index (κ1) is 52.1. The van der Waals surface area contributed by atoms with Crippen molar-refractivity contribution in [2.45, 2.75) is 131 Å².